The Bertz CT molecular complexity index is 2980. The van der Waals surface area contributed by atoms with Crippen molar-refractivity contribution >= 4 is 74.8 Å². The van der Waals surface area contributed by atoms with E-state index in [-0.39, 0.29) is 45.8 Å². The molecule has 2 N–H and O–H groups in total. The number of thiazole rings is 1. The van der Waals surface area contributed by atoms with Gasteiger partial charge >= 0.3 is 11.9 Å². The first-order valence-corrected chi connectivity index (χ1v) is 24.3. The van der Waals surface area contributed by atoms with Crippen molar-refractivity contribution in [2.45, 2.75) is 29.5 Å². The number of methoxy groups -OCH3 is 1. The highest BCUT2D eigenvalue weighted by Crippen LogP contribution is 2.44. The van der Waals surface area contributed by atoms with Crippen LogP contribution in [-0.2, 0) is 41.3 Å². The molecule has 7 aromatic rings. The lowest BCUT2D eigenvalue weighted by atomic mass is 9.77. The van der Waals surface area contributed by atoms with Gasteiger partial charge in [-0.3, -0.25) is 14.5 Å². The van der Waals surface area contributed by atoms with Gasteiger partial charge in [0.2, 0.25) is 0 Å². The molecule has 0 bridgehead atoms. The number of oxime groups is 1. The number of nitrogens with one attached hydrogen (secondary N) is 2. The summed E-state index contributed by atoms with van der Waals surface area (Å²) in [6, 6.07) is 47.6. The van der Waals surface area contributed by atoms with Crippen molar-refractivity contribution in [3.63, 3.8) is 0 Å². The number of carbonyl (C=O) groups excluding carboxylic acids is 4. The average Bonchev–Trinajstić information content (AvgIpc) is 4.05. The third-order valence-electron chi connectivity index (χ3n) is 11.8. The number of ether oxygens (including phenoxy) is 2. The summed E-state index contributed by atoms with van der Waals surface area (Å²) in [6.07, 6.45) is -0.833. The predicted octanol–water partition coefficient (Wildman–Crippen LogP) is 7.61. The molecule has 2 atom stereocenters. The van der Waals surface area contributed by atoms with Gasteiger partial charge in [0.25, 0.3) is 17.6 Å². The molecule has 2 amide bonds. The number of hydrogen-bond acceptors (Lipinski definition) is 15. The molecule has 1 fully saturated rings. The van der Waals surface area contributed by atoms with Gasteiger partial charge in [-0.1, -0.05) is 169 Å². The number of amides is 2. The molecule has 2 aliphatic rings. The van der Waals surface area contributed by atoms with E-state index in [9.17, 15) is 19.2 Å². The molecule has 0 radical (unpaired) electrons. The number of benzene rings is 5. The highest BCUT2D eigenvalue weighted by atomic mass is 32.2. The van der Waals surface area contributed by atoms with Gasteiger partial charge in [-0.25, -0.2) is 24.2 Å². The van der Waals surface area contributed by atoms with Crippen molar-refractivity contribution < 1.29 is 33.5 Å². The number of anilines is 1. The van der Waals surface area contributed by atoms with Gasteiger partial charge in [0.05, 0.1) is 12.0 Å². The summed E-state index contributed by atoms with van der Waals surface area (Å²) in [4.78, 5) is 71.8. The van der Waals surface area contributed by atoms with Crippen molar-refractivity contribution in [1.29, 1.82) is 0 Å². The van der Waals surface area contributed by atoms with E-state index in [1.54, 1.807) is 12.4 Å². The number of carbonyl (C=O) groups is 4. The number of β-lactam (4-membered cyclic amide) rings is 1. The number of thioether (sulfide) groups is 1. The molecule has 4 heterocycles. The second-order valence-corrected chi connectivity index (χ2v) is 18.5. The van der Waals surface area contributed by atoms with Gasteiger partial charge in [0.15, 0.2) is 22.8 Å². The molecule has 352 valence electrons. The van der Waals surface area contributed by atoms with Crippen LogP contribution >= 0.6 is 35.3 Å². The minimum absolute atomic E-state index is 0.000277. The Morgan fingerprint density at radius 3 is 1.87 bits per heavy atom. The van der Waals surface area contributed by atoms with Gasteiger partial charge in [-0.15, -0.1) is 28.2 Å². The van der Waals surface area contributed by atoms with E-state index in [0.717, 1.165) is 16.7 Å². The lowest BCUT2D eigenvalue weighted by molar-refractivity contribution is -0.154. The summed E-state index contributed by atoms with van der Waals surface area (Å²) in [5, 5.41) is 16.3. The Hall–Kier alpha value is -7.80. The smallest absolute Gasteiger partial charge is 0.377 e. The molecule has 0 spiro atoms. The van der Waals surface area contributed by atoms with E-state index in [0.29, 0.717) is 21.8 Å². The fraction of sp³-hybridized carbons (Fsp3) is 0.173. The third kappa shape index (κ3) is 9.35. The fourth-order valence-electron chi connectivity index (χ4n) is 8.52. The second-order valence-electron chi connectivity index (χ2n) is 16.0. The molecule has 2 unspecified atom stereocenters. The van der Waals surface area contributed by atoms with Crippen LogP contribution in [-0.4, -0.2) is 90.4 Å². The number of hydrogen-bond donors (Lipinski definition) is 2. The minimum Gasteiger partial charge on any atom is -0.463 e. The maximum atomic E-state index is 14.7. The quantitative estimate of drug-likeness (QED) is 0.0173. The zero-order chi connectivity index (χ0) is 48.8. The lowest BCUT2D eigenvalue weighted by Gasteiger charge is -2.49. The summed E-state index contributed by atoms with van der Waals surface area (Å²) in [5.41, 5.74) is 3.96. The van der Waals surface area contributed by atoms with Crippen LogP contribution in [0, 0.1) is 0 Å². The molecule has 0 saturated carbocycles. The van der Waals surface area contributed by atoms with Crippen molar-refractivity contribution in [3.8, 4) is 0 Å². The first-order chi connectivity index (χ1) is 34.1. The lowest BCUT2D eigenvalue weighted by Crippen LogP contribution is -2.71. The highest BCUT2D eigenvalue weighted by Gasteiger charge is 2.55. The zero-order valence-electron chi connectivity index (χ0n) is 37.9. The van der Waals surface area contributed by atoms with Crippen LogP contribution in [0.2, 0.25) is 0 Å². The average molecular weight is 989 g/mol. The molecule has 5 aromatic carbocycles. The van der Waals surface area contributed by atoms with Crippen LogP contribution in [0.15, 0.2) is 173 Å². The second kappa shape index (κ2) is 20.8. The van der Waals surface area contributed by atoms with Crippen molar-refractivity contribution in [3.05, 3.63) is 213 Å². The van der Waals surface area contributed by atoms with Gasteiger partial charge in [-0.2, -0.15) is 0 Å². The number of aromatic nitrogens is 4. The van der Waals surface area contributed by atoms with Crippen LogP contribution in [0.4, 0.5) is 5.13 Å². The summed E-state index contributed by atoms with van der Waals surface area (Å²) in [5.74, 6) is -2.52. The molecular formula is C52H44N8O7S3. The Kier molecular flexibility index (Phi) is 14.1. The molecule has 0 aliphatic carbocycles. The van der Waals surface area contributed by atoms with Gasteiger partial charge in [0.1, 0.15) is 35.5 Å². The van der Waals surface area contributed by atoms with Crippen LogP contribution < -0.4 is 10.6 Å². The van der Waals surface area contributed by atoms with Crippen molar-refractivity contribution in [2.75, 3.05) is 25.3 Å². The number of fused-ring (bicyclic) bond motifs is 1. The number of thiocarbonyl (C=S) groups is 1. The Morgan fingerprint density at radius 1 is 0.800 bits per heavy atom. The molecule has 1 saturated heterocycles. The molecular weight excluding hydrogens is 945 g/mol. The van der Waals surface area contributed by atoms with E-state index in [1.165, 1.54) is 46.9 Å². The van der Waals surface area contributed by atoms with Crippen LogP contribution in [0.3, 0.4) is 0 Å². The van der Waals surface area contributed by atoms with E-state index >= 15 is 0 Å². The molecule has 2 aliphatic heterocycles. The Balaban J connectivity index is 1.00. The number of nitrogens with zero attached hydrogens (tertiary/aromatic N) is 6. The van der Waals surface area contributed by atoms with E-state index in [1.807, 2.05) is 115 Å². The summed E-state index contributed by atoms with van der Waals surface area (Å²) in [7, 11) is 4.13. The Morgan fingerprint density at radius 2 is 1.34 bits per heavy atom. The standard InChI is InChI=1S/C52H44N8O7S3/c1-59-45(55-44(57-59)50(64)65-2)39(68)29-34-30-69-48-41(47(62)60(48)42(34)49(63)67-43(32-19-9-4-10-20-32)33-21-11-5-12-22-33)54-46(61)40(58-66-3)38-31-70-51(53-38)56-52(35-23-13-6-14-24-35,36-25-15-7-16-26-36)37-27-17-8-18-28-37/h4-28,31,41,43,48H,29-30H2,1-3H3,(H,53,56)(H,54,61). The largest absolute Gasteiger partial charge is 0.463 e. The first-order valence-electron chi connectivity index (χ1n) is 21.9. The Labute approximate surface area is 416 Å². The monoisotopic (exact) mass is 988 g/mol. The normalized spacial score (nSPS) is 15.7. The van der Waals surface area contributed by atoms with Crippen LogP contribution in [0.1, 0.15) is 62.5 Å². The predicted molar refractivity (Wildman–Crippen MR) is 270 cm³/mol. The maximum Gasteiger partial charge on any atom is 0.377 e. The van der Waals surface area contributed by atoms with Gasteiger partial charge < -0.3 is 24.9 Å². The van der Waals surface area contributed by atoms with Crippen molar-refractivity contribution in [1.82, 2.24) is 30.0 Å². The zero-order valence-corrected chi connectivity index (χ0v) is 40.4. The van der Waals surface area contributed by atoms with Gasteiger partial charge in [0, 0.05) is 24.6 Å². The third-order valence-corrected chi connectivity index (χ3v) is 14.2. The first kappa shape index (κ1) is 47.3. The summed E-state index contributed by atoms with van der Waals surface area (Å²) < 4.78 is 12.5. The number of esters is 2. The maximum absolute atomic E-state index is 14.7. The molecule has 70 heavy (non-hydrogen) atoms. The van der Waals surface area contributed by atoms with Crippen LogP contribution in [0.25, 0.3) is 0 Å². The van der Waals surface area contributed by atoms with Crippen molar-refractivity contribution in [2.24, 2.45) is 12.2 Å². The molecule has 18 heteroatoms. The molecule has 15 nitrogen and oxygen atoms in total. The topological polar surface area (TPSA) is 179 Å². The van der Waals surface area contributed by atoms with E-state index < -0.39 is 46.8 Å². The summed E-state index contributed by atoms with van der Waals surface area (Å²) in [6.45, 7) is 0. The van der Waals surface area contributed by atoms with Gasteiger partial charge in [-0.05, 0) is 33.4 Å². The molecule has 2 aromatic heterocycles. The van der Waals surface area contributed by atoms with Crippen LogP contribution in [0.5, 0.6) is 0 Å². The summed E-state index contributed by atoms with van der Waals surface area (Å²) >= 11 is 8.47. The fourth-order valence-corrected chi connectivity index (χ4v) is 11.0. The SMILES string of the molecule is CON=C(C(=O)NC1C(=O)N2C(C(=O)OC(c3ccccc3)c3ccccc3)=C(CC(=S)c3nc(C(=O)OC)nn3C)CSC12)c1csc(NC(c2ccccc2)(c2ccccc2)c2ccccc2)n1. The highest BCUT2D eigenvalue weighted by molar-refractivity contribution is 8.00. The number of rotatable bonds is 17. The minimum atomic E-state index is -1.07. The molecule has 9 rings (SSSR count). The van der Waals surface area contributed by atoms with E-state index in [4.69, 9.17) is 31.5 Å². The number of aryl methyl sites for hydroxylation is 1. The van der Waals surface area contributed by atoms with E-state index in [2.05, 4.69) is 62.3 Å².